The van der Waals surface area contributed by atoms with Crippen LogP contribution in [0.3, 0.4) is 0 Å². The molecule has 0 fully saturated rings. The van der Waals surface area contributed by atoms with Crippen LogP contribution in [0.25, 0.3) is 0 Å². The Bertz CT molecular complexity index is 1200. The van der Waals surface area contributed by atoms with Crippen LogP contribution in [0.5, 0.6) is 0 Å². The van der Waals surface area contributed by atoms with Crippen molar-refractivity contribution in [2.75, 3.05) is 11.4 Å². The zero-order chi connectivity index (χ0) is 25.6. The number of aliphatic hydroxyl groups excluding tert-OH is 1. The number of carboxylic acids is 1. The minimum atomic E-state index is -4.51. The van der Waals surface area contributed by atoms with Crippen molar-refractivity contribution in [2.24, 2.45) is 4.99 Å². The monoisotopic (exact) mass is 485 g/mol. The highest BCUT2D eigenvalue weighted by atomic mass is 19.4. The van der Waals surface area contributed by atoms with Gasteiger partial charge in [-0.05, 0) is 11.6 Å². The number of halogens is 3. The molecular formula is C25H22F3N3O4. The number of benzodiazepines with no additional fused rings is 1. The number of fused-ring (bicyclic) bond motifs is 1. The van der Waals surface area contributed by atoms with E-state index < -0.39 is 36.9 Å². The van der Waals surface area contributed by atoms with E-state index in [0.29, 0.717) is 21.7 Å². The fourth-order valence-corrected chi connectivity index (χ4v) is 3.43. The standard InChI is InChI=1S/C17H14F3N3O.C8H8O3/c18-17(19,20)10-23-13-9-5-4-8-12(13)14(22-15(21)16(23)24)11-6-2-1-3-7-11;9-7(8(10)11)6-4-2-1-3-5-6/h1-9,15H,10,21H2;1-5,7,9H,(H,10,11)/t15-;7-/m11/s1. The van der Waals surface area contributed by atoms with E-state index in [4.69, 9.17) is 5.11 Å². The van der Waals surface area contributed by atoms with Crippen molar-refractivity contribution in [2.45, 2.75) is 18.4 Å². The highest BCUT2D eigenvalue weighted by Crippen LogP contribution is 2.30. The lowest BCUT2D eigenvalue weighted by atomic mass is 10.0. The number of nitrogens with zero attached hydrogens (tertiary/aromatic N) is 2. The predicted molar refractivity (Wildman–Crippen MR) is 120 cm³/mol. The number of aliphatic imine (C=N–C) groups is 1. The molecular weight excluding hydrogens is 463 g/mol. The number of amides is 1. The Hall–Kier alpha value is -4.02. The molecule has 0 saturated heterocycles. The van der Waals surface area contributed by atoms with E-state index in [1.165, 1.54) is 18.2 Å². The molecule has 0 aromatic heterocycles. The van der Waals surface area contributed by atoms with E-state index in [9.17, 15) is 27.9 Å². The fraction of sp³-hybridized carbons (Fsp3) is 0.160. The van der Waals surface area contributed by atoms with Gasteiger partial charge in [0.05, 0.1) is 17.4 Å². The first kappa shape index (κ1) is 25.6. The molecule has 0 saturated carbocycles. The third-order valence-electron chi connectivity index (χ3n) is 5.01. The molecule has 7 nitrogen and oxygen atoms in total. The van der Waals surface area contributed by atoms with E-state index in [1.54, 1.807) is 60.7 Å². The van der Waals surface area contributed by atoms with Gasteiger partial charge in [0.25, 0.3) is 6.17 Å². The van der Waals surface area contributed by atoms with Crippen molar-refractivity contribution >= 4 is 23.3 Å². The molecule has 4 rings (SSSR count). The number of alkyl halides is 3. The van der Waals surface area contributed by atoms with Gasteiger partial charge in [-0.25, -0.2) is 4.99 Å². The number of benzene rings is 3. The third-order valence-corrected chi connectivity index (χ3v) is 5.01. The second-order valence-electron chi connectivity index (χ2n) is 7.55. The molecule has 35 heavy (non-hydrogen) atoms. The number of hydrogen-bond donors (Lipinski definition) is 2. The van der Waals surface area contributed by atoms with Crippen LogP contribution in [0.15, 0.2) is 89.9 Å². The van der Waals surface area contributed by atoms with Crippen LogP contribution in [0, 0.1) is 0 Å². The van der Waals surface area contributed by atoms with Crippen molar-refractivity contribution in [1.29, 1.82) is 0 Å². The second-order valence-corrected chi connectivity index (χ2v) is 7.55. The third kappa shape index (κ3) is 6.52. The maximum Gasteiger partial charge on any atom is 0.406 e. The predicted octanol–water partition coefficient (Wildman–Crippen LogP) is 1.47. The van der Waals surface area contributed by atoms with Gasteiger partial charge in [0, 0.05) is 11.1 Å². The van der Waals surface area contributed by atoms with Crippen LogP contribution in [0.2, 0.25) is 0 Å². The topological polar surface area (TPSA) is 121 Å². The number of aliphatic hydroxyl groups is 1. The Balaban J connectivity index is 0.000000261. The summed E-state index contributed by atoms with van der Waals surface area (Å²) in [5, 5.41) is 19.1. The minimum Gasteiger partial charge on any atom is -0.547 e. The van der Waals surface area contributed by atoms with E-state index in [-0.39, 0.29) is 5.69 Å². The molecule has 10 heteroatoms. The largest absolute Gasteiger partial charge is 0.547 e. The average Bonchev–Trinajstić information content (AvgIpc) is 2.95. The summed E-state index contributed by atoms with van der Waals surface area (Å²) < 4.78 is 38.8. The van der Waals surface area contributed by atoms with E-state index in [2.05, 4.69) is 10.7 Å². The molecule has 0 bridgehead atoms. The Kier molecular flexibility index (Phi) is 8.00. The van der Waals surface area contributed by atoms with Gasteiger partial charge in [0.15, 0.2) is 0 Å². The lowest BCUT2D eigenvalue weighted by Gasteiger charge is -2.24. The number of aliphatic carboxylic acids is 1. The maximum atomic E-state index is 12.9. The van der Waals surface area contributed by atoms with Crippen LogP contribution < -0.4 is 15.7 Å². The molecule has 0 aliphatic carbocycles. The van der Waals surface area contributed by atoms with Crippen molar-refractivity contribution in [3.63, 3.8) is 0 Å². The van der Waals surface area contributed by atoms with Gasteiger partial charge in [-0.1, -0.05) is 78.9 Å². The summed E-state index contributed by atoms with van der Waals surface area (Å²) in [7, 11) is 0. The van der Waals surface area contributed by atoms with Gasteiger partial charge >= 0.3 is 12.1 Å². The number of para-hydroxylation sites is 1. The van der Waals surface area contributed by atoms with Crippen molar-refractivity contribution in [1.82, 2.24) is 0 Å². The Morgan fingerprint density at radius 1 is 1.00 bits per heavy atom. The summed E-state index contributed by atoms with van der Waals surface area (Å²) in [4.78, 5) is 27.6. The molecule has 4 N–H and O–H groups in total. The van der Waals surface area contributed by atoms with Crippen LogP contribution in [-0.4, -0.2) is 41.6 Å². The van der Waals surface area contributed by atoms with Gasteiger partial charge in [-0.2, -0.15) is 13.2 Å². The van der Waals surface area contributed by atoms with Gasteiger partial charge in [0.1, 0.15) is 12.6 Å². The molecule has 1 heterocycles. The van der Waals surface area contributed by atoms with E-state index >= 15 is 0 Å². The number of rotatable bonds is 4. The minimum absolute atomic E-state index is 0.188. The maximum absolute atomic E-state index is 12.9. The van der Waals surface area contributed by atoms with E-state index in [0.717, 1.165) is 5.56 Å². The molecule has 2 atom stereocenters. The molecule has 0 unspecified atom stereocenters. The first-order valence-corrected chi connectivity index (χ1v) is 10.5. The van der Waals surface area contributed by atoms with Crippen molar-refractivity contribution < 1.29 is 38.7 Å². The molecule has 0 spiro atoms. The van der Waals surface area contributed by atoms with Crippen molar-refractivity contribution in [3.8, 4) is 0 Å². The zero-order valence-corrected chi connectivity index (χ0v) is 18.4. The summed E-state index contributed by atoms with van der Waals surface area (Å²) in [5.41, 5.74) is 5.82. The second kappa shape index (κ2) is 10.9. The number of carbonyl (C=O) groups excluding carboxylic acids is 2. The number of anilines is 1. The first-order valence-electron chi connectivity index (χ1n) is 10.5. The Morgan fingerprint density at radius 2 is 1.54 bits per heavy atom. The van der Waals surface area contributed by atoms with Gasteiger partial charge in [-0.15, -0.1) is 0 Å². The highest BCUT2D eigenvalue weighted by molar-refractivity contribution is 6.19. The molecule has 1 aliphatic heterocycles. The van der Waals surface area contributed by atoms with Crippen LogP contribution in [0.4, 0.5) is 18.9 Å². The molecule has 182 valence electrons. The van der Waals surface area contributed by atoms with E-state index in [1.807, 2.05) is 6.07 Å². The first-order chi connectivity index (χ1) is 16.6. The molecule has 3 aromatic rings. The van der Waals surface area contributed by atoms with Crippen LogP contribution >= 0.6 is 0 Å². The van der Waals surface area contributed by atoms with Crippen molar-refractivity contribution in [3.05, 3.63) is 102 Å². The molecule has 1 amide bonds. The lowest BCUT2D eigenvalue weighted by Crippen LogP contribution is -2.67. The SMILES string of the molecule is O=C([O-])[C@H](O)c1ccccc1.[NH3+][C@@H]1N=C(c2ccccc2)c2ccccc2N(CC(F)(F)F)C1=O. The summed E-state index contributed by atoms with van der Waals surface area (Å²) in [6.45, 7) is -1.37. The summed E-state index contributed by atoms with van der Waals surface area (Å²) >= 11 is 0. The molecule has 3 aromatic carbocycles. The smallest absolute Gasteiger partial charge is 0.406 e. The van der Waals surface area contributed by atoms with Crippen LogP contribution in [0.1, 0.15) is 22.8 Å². The highest BCUT2D eigenvalue weighted by Gasteiger charge is 2.39. The lowest BCUT2D eigenvalue weighted by molar-refractivity contribution is -0.400. The van der Waals surface area contributed by atoms with Crippen LogP contribution in [-0.2, 0) is 9.59 Å². The molecule has 1 aliphatic rings. The molecule has 0 radical (unpaired) electrons. The summed E-state index contributed by atoms with van der Waals surface area (Å²) in [6.07, 6.45) is -7.18. The number of carbonyl (C=O) groups is 2. The number of quaternary nitrogens is 1. The fourth-order valence-electron chi connectivity index (χ4n) is 3.43. The quantitative estimate of drug-likeness (QED) is 0.581. The number of hydrogen-bond acceptors (Lipinski definition) is 5. The van der Waals surface area contributed by atoms with Gasteiger partial charge in [0.2, 0.25) is 0 Å². The van der Waals surface area contributed by atoms with Gasteiger partial charge in [-0.3, -0.25) is 9.69 Å². The Labute approximate surface area is 199 Å². The zero-order valence-electron chi connectivity index (χ0n) is 18.4. The number of carboxylic acid groups (broad SMARTS) is 1. The van der Waals surface area contributed by atoms with Gasteiger partial charge < -0.3 is 20.7 Å². The average molecular weight is 485 g/mol. The normalized spacial score (nSPS) is 16.3. The summed E-state index contributed by atoms with van der Waals surface area (Å²) in [6, 6.07) is 23.6. The Morgan fingerprint density at radius 3 is 2.11 bits per heavy atom. The summed E-state index contributed by atoms with van der Waals surface area (Å²) in [5.74, 6) is -2.25.